The molecule has 0 atom stereocenters. The Morgan fingerprint density at radius 3 is 2.59 bits per heavy atom. The topological polar surface area (TPSA) is 59.2 Å². The van der Waals surface area contributed by atoms with Gasteiger partial charge in [0, 0.05) is 30.1 Å². The van der Waals surface area contributed by atoms with E-state index in [0.717, 1.165) is 40.9 Å². The van der Waals surface area contributed by atoms with E-state index in [-0.39, 0.29) is 11.8 Å². The van der Waals surface area contributed by atoms with Gasteiger partial charge >= 0.3 is 0 Å². The normalized spacial score (nSPS) is 15.1. The van der Waals surface area contributed by atoms with Crippen molar-refractivity contribution >= 4 is 5.91 Å². The molecular weight excluding hydrogens is 338 g/mol. The summed E-state index contributed by atoms with van der Waals surface area (Å²) in [5, 5.41) is 4.21. The van der Waals surface area contributed by atoms with Gasteiger partial charge in [0.05, 0.1) is 0 Å². The van der Waals surface area contributed by atoms with E-state index in [1.165, 1.54) is 0 Å². The van der Waals surface area contributed by atoms with Gasteiger partial charge in [-0.3, -0.25) is 4.79 Å². The standard InChI is InChI=1S/C22H23N3O2/c1-15-6-5-8-18(14-15)22(26)25-12-10-17(11-13-25)20-23-21(27-24-20)19-9-4-3-7-16(19)2/h3-9,14,17H,10-13H2,1-2H3. The highest BCUT2D eigenvalue weighted by molar-refractivity contribution is 5.94. The van der Waals surface area contributed by atoms with Crippen LogP contribution in [0, 0.1) is 13.8 Å². The Labute approximate surface area is 159 Å². The molecule has 5 heteroatoms. The molecule has 3 aromatic rings. The fourth-order valence-electron chi connectivity index (χ4n) is 3.62. The molecule has 27 heavy (non-hydrogen) atoms. The molecule has 0 N–H and O–H groups in total. The molecule has 1 fully saturated rings. The molecule has 2 aromatic carbocycles. The lowest BCUT2D eigenvalue weighted by Crippen LogP contribution is -2.38. The predicted molar refractivity (Wildman–Crippen MR) is 104 cm³/mol. The van der Waals surface area contributed by atoms with Crippen LogP contribution in [0.15, 0.2) is 53.1 Å². The number of hydrogen-bond donors (Lipinski definition) is 0. The molecule has 1 aromatic heterocycles. The number of likely N-dealkylation sites (tertiary alicyclic amines) is 1. The maximum absolute atomic E-state index is 12.7. The van der Waals surface area contributed by atoms with Gasteiger partial charge in [0.15, 0.2) is 5.82 Å². The Bertz CT molecular complexity index is 955. The lowest BCUT2D eigenvalue weighted by atomic mass is 9.95. The van der Waals surface area contributed by atoms with Crippen molar-refractivity contribution in [2.45, 2.75) is 32.6 Å². The van der Waals surface area contributed by atoms with Gasteiger partial charge in [-0.05, 0) is 50.5 Å². The van der Waals surface area contributed by atoms with Gasteiger partial charge in [-0.15, -0.1) is 0 Å². The Morgan fingerprint density at radius 1 is 1.07 bits per heavy atom. The first kappa shape index (κ1) is 17.5. The summed E-state index contributed by atoms with van der Waals surface area (Å²) in [5.74, 6) is 1.65. The van der Waals surface area contributed by atoms with Gasteiger partial charge in [0.1, 0.15) is 0 Å². The summed E-state index contributed by atoms with van der Waals surface area (Å²) in [5.41, 5.74) is 3.95. The van der Waals surface area contributed by atoms with Crippen LogP contribution in [-0.2, 0) is 0 Å². The quantitative estimate of drug-likeness (QED) is 0.695. The van der Waals surface area contributed by atoms with Crippen molar-refractivity contribution < 1.29 is 9.32 Å². The average molecular weight is 361 g/mol. The van der Waals surface area contributed by atoms with Gasteiger partial charge in [0.25, 0.3) is 11.8 Å². The van der Waals surface area contributed by atoms with Gasteiger partial charge < -0.3 is 9.42 Å². The summed E-state index contributed by atoms with van der Waals surface area (Å²) < 4.78 is 5.50. The number of aryl methyl sites for hydroxylation is 2. The lowest BCUT2D eigenvalue weighted by Gasteiger charge is -2.30. The average Bonchev–Trinajstić information content (AvgIpc) is 3.18. The predicted octanol–water partition coefficient (Wildman–Crippen LogP) is 4.37. The smallest absolute Gasteiger partial charge is 0.258 e. The van der Waals surface area contributed by atoms with E-state index in [0.29, 0.717) is 19.0 Å². The van der Waals surface area contributed by atoms with Crippen LogP contribution in [0.25, 0.3) is 11.5 Å². The van der Waals surface area contributed by atoms with Gasteiger partial charge in [0.2, 0.25) is 0 Å². The fourth-order valence-corrected chi connectivity index (χ4v) is 3.62. The molecule has 2 heterocycles. The molecule has 0 spiro atoms. The number of benzene rings is 2. The molecule has 4 rings (SSSR count). The van der Waals surface area contributed by atoms with Crippen LogP contribution >= 0.6 is 0 Å². The second kappa shape index (κ2) is 7.35. The molecule has 0 aliphatic carbocycles. The highest BCUT2D eigenvalue weighted by atomic mass is 16.5. The van der Waals surface area contributed by atoms with Gasteiger partial charge in [-0.25, -0.2) is 0 Å². The Balaban J connectivity index is 1.43. The van der Waals surface area contributed by atoms with Crippen LogP contribution in [0.4, 0.5) is 0 Å². The Morgan fingerprint density at radius 2 is 1.85 bits per heavy atom. The highest BCUT2D eigenvalue weighted by Gasteiger charge is 2.27. The molecule has 1 aliphatic heterocycles. The minimum atomic E-state index is 0.103. The van der Waals surface area contributed by atoms with Gasteiger partial charge in [-0.2, -0.15) is 4.98 Å². The van der Waals surface area contributed by atoms with Gasteiger partial charge in [-0.1, -0.05) is 41.1 Å². The number of piperidine rings is 1. The zero-order chi connectivity index (χ0) is 18.8. The number of nitrogens with zero attached hydrogens (tertiary/aromatic N) is 3. The number of amides is 1. The third kappa shape index (κ3) is 3.63. The van der Waals surface area contributed by atoms with Crippen molar-refractivity contribution in [2.24, 2.45) is 0 Å². The van der Waals surface area contributed by atoms with Crippen LogP contribution in [0.1, 0.15) is 46.1 Å². The molecule has 0 bridgehead atoms. The summed E-state index contributed by atoms with van der Waals surface area (Å²) in [7, 11) is 0. The first-order valence-electron chi connectivity index (χ1n) is 9.37. The minimum absolute atomic E-state index is 0.103. The Kier molecular flexibility index (Phi) is 4.75. The second-order valence-electron chi connectivity index (χ2n) is 7.21. The number of aromatic nitrogens is 2. The minimum Gasteiger partial charge on any atom is -0.339 e. The molecule has 0 unspecified atom stereocenters. The second-order valence-corrected chi connectivity index (χ2v) is 7.21. The van der Waals surface area contributed by atoms with Crippen molar-refractivity contribution in [3.8, 4) is 11.5 Å². The number of rotatable bonds is 3. The van der Waals surface area contributed by atoms with Crippen molar-refractivity contribution in [1.82, 2.24) is 15.0 Å². The largest absolute Gasteiger partial charge is 0.339 e. The third-order valence-electron chi connectivity index (χ3n) is 5.23. The molecule has 138 valence electrons. The van der Waals surface area contributed by atoms with Crippen molar-refractivity contribution in [3.63, 3.8) is 0 Å². The summed E-state index contributed by atoms with van der Waals surface area (Å²) in [6, 6.07) is 15.8. The SMILES string of the molecule is Cc1cccc(C(=O)N2CCC(c3noc(-c4ccccc4C)n3)CC2)c1. The van der Waals surface area contributed by atoms with Crippen molar-refractivity contribution in [3.05, 3.63) is 71.0 Å². The molecule has 1 aliphatic rings. The molecule has 1 amide bonds. The highest BCUT2D eigenvalue weighted by Crippen LogP contribution is 2.29. The summed E-state index contributed by atoms with van der Waals surface area (Å²) in [6.45, 7) is 5.47. The lowest BCUT2D eigenvalue weighted by molar-refractivity contribution is 0.0710. The zero-order valence-corrected chi connectivity index (χ0v) is 15.7. The maximum atomic E-state index is 12.7. The first-order chi connectivity index (χ1) is 13.1. The zero-order valence-electron chi connectivity index (χ0n) is 15.7. The van der Waals surface area contributed by atoms with E-state index in [2.05, 4.69) is 10.1 Å². The summed E-state index contributed by atoms with van der Waals surface area (Å²) >= 11 is 0. The van der Waals surface area contributed by atoms with E-state index >= 15 is 0 Å². The molecule has 0 radical (unpaired) electrons. The van der Waals surface area contributed by atoms with Crippen LogP contribution in [-0.4, -0.2) is 34.0 Å². The molecular formula is C22H23N3O2. The maximum Gasteiger partial charge on any atom is 0.258 e. The van der Waals surface area contributed by atoms with E-state index in [1.807, 2.05) is 67.3 Å². The molecule has 1 saturated heterocycles. The summed E-state index contributed by atoms with van der Waals surface area (Å²) in [6.07, 6.45) is 1.70. The van der Waals surface area contributed by atoms with Crippen LogP contribution < -0.4 is 0 Å². The summed E-state index contributed by atoms with van der Waals surface area (Å²) in [4.78, 5) is 19.2. The molecule has 5 nitrogen and oxygen atoms in total. The van der Waals surface area contributed by atoms with Crippen LogP contribution in [0.3, 0.4) is 0 Å². The van der Waals surface area contributed by atoms with Crippen molar-refractivity contribution in [1.29, 1.82) is 0 Å². The fraction of sp³-hybridized carbons (Fsp3) is 0.318. The van der Waals surface area contributed by atoms with Crippen LogP contribution in [0.5, 0.6) is 0 Å². The van der Waals surface area contributed by atoms with Crippen molar-refractivity contribution in [2.75, 3.05) is 13.1 Å². The number of carbonyl (C=O) groups excluding carboxylic acids is 1. The van der Waals surface area contributed by atoms with E-state index in [1.54, 1.807) is 0 Å². The number of carbonyl (C=O) groups is 1. The van der Waals surface area contributed by atoms with E-state index < -0.39 is 0 Å². The van der Waals surface area contributed by atoms with E-state index in [4.69, 9.17) is 4.52 Å². The molecule has 0 saturated carbocycles. The first-order valence-corrected chi connectivity index (χ1v) is 9.37. The third-order valence-corrected chi connectivity index (χ3v) is 5.23. The van der Waals surface area contributed by atoms with Crippen LogP contribution in [0.2, 0.25) is 0 Å². The monoisotopic (exact) mass is 361 g/mol. The van der Waals surface area contributed by atoms with E-state index in [9.17, 15) is 4.79 Å². The Hall–Kier alpha value is -2.95. The number of hydrogen-bond acceptors (Lipinski definition) is 4.